The molecule has 1 N–H and O–H groups in total. The van der Waals surface area contributed by atoms with Crippen LogP contribution in [0.3, 0.4) is 0 Å². The fourth-order valence-electron chi connectivity index (χ4n) is 0.201. The number of aliphatic hydroxyl groups excluding tert-OH is 1. The third-order valence-corrected chi connectivity index (χ3v) is 0.584. The van der Waals surface area contributed by atoms with E-state index in [9.17, 15) is 4.79 Å². The minimum Gasteiger partial charge on any atom is -0.481 e. The van der Waals surface area contributed by atoms with Gasteiger partial charge < -0.3 is 14.6 Å². The highest BCUT2D eigenvalue weighted by Crippen LogP contribution is 1.85. The van der Waals surface area contributed by atoms with E-state index in [2.05, 4.69) is 16.1 Å². The number of methoxy groups -OCH3 is 1. The zero-order chi connectivity index (χ0) is 7.28. The van der Waals surface area contributed by atoms with Gasteiger partial charge in [-0.1, -0.05) is 0 Å². The Kier molecular flexibility index (Phi) is 3.27. The van der Waals surface area contributed by atoms with Crippen molar-refractivity contribution in [3.63, 3.8) is 0 Å². The van der Waals surface area contributed by atoms with E-state index in [1.807, 2.05) is 0 Å². The highest BCUT2D eigenvalue weighted by molar-refractivity contribution is 5.70. The number of rotatable bonds is 3. The second kappa shape index (κ2) is 3.77. The molecule has 0 aromatic rings. The Balaban J connectivity index is 3.28. The first-order chi connectivity index (χ1) is 4.16. The molecular formula is C5H8O4. The predicted molar refractivity (Wildman–Crippen MR) is 29.7 cm³/mol. The molecule has 0 amide bonds. The van der Waals surface area contributed by atoms with Crippen molar-refractivity contribution in [1.29, 1.82) is 0 Å². The quantitative estimate of drug-likeness (QED) is 0.440. The van der Waals surface area contributed by atoms with Gasteiger partial charge in [0.05, 0.1) is 7.11 Å². The summed E-state index contributed by atoms with van der Waals surface area (Å²) in [6, 6.07) is 0. The van der Waals surface area contributed by atoms with Crippen LogP contribution in [0.2, 0.25) is 0 Å². The van der Waals surface area contributed by atoms with Crippen LogP contribution in [0.1, 0.15) is 0 Å². The van der Waals surface area contributed by atoms with Crippen LogP contribution in [0.4, 0.5) is 0 Å². The van der Waals surface area contributed by atoms with E-state index in [1.165, 1.54) is 7.11 Å². The largest absolute Gasteiger partial charge is 0.481 e. The summed E-state index contributed by atoms with van der Waals surface area (Å²) in [6.07, 6.45) is 0. The summed E-state index contributed by atoms with van der Waals surface area (Å²) in [5, 5.41) is 8.27. The molecule has 0 spiro atoms. The molecule has 4 heteroatoms. The van der Waals surface area contributed by atoms with Crippen molar-refractivity contribution >= 4 is 5.97 Å². The van der Waals surface area contributed by atoms with Gasteiger partial charge in [-0.3, -0.25) is 0 Å². The number of hydrogen-bond acceptors (Lipinski definition) is 4. The van der Waals surface area contributed by atoms with E-state index in [4.69, 9.17) is 5.11 Å². The lowest BCUT2D eigenvalue weighted by atomic mass is 10.7. The summed E-state index contributed by atoms with van der Waals surface area (Å²) in [6.45, 7) is 2.69. The van der Waals surface area contributed by atoms with Crippen molar-refractivity contribution in [3.05, 3.63) is 12.5 Å². The minimum absolute atomic E-state index is 0.300. The van der Waals surface area contributed by atoms with Gasteiger partial charge in [-0.25, -0.2) is 4.79 Å². The molecule has 0 saturated heterocycles. The molecule has 0 rings (SSSR count). The maximum absolute atomic E-state index is 10.2. The summed E-state index contributed by atoms with van der Waals surface area (Å²) >= 11 is 0. The SMILES string of the molecule is C=C(O)OCC(=O)OC. The smallest absolute Gasteiger partial charge is 0.344 e. The molecule has 9 heavy (non-hydrogen) atoms. The third kappa shape index (κ3) is 4.67. The molecular weight excluding hydrogens is 124 g/mol. The third-order valence-electron chi connectivity index (χ3n) is 0.584. The van der Waals surface area contributed by atoms with E-state index in [-0.39, 0.29) is 6.61 Å². The molecule has 0 aliphatic carbocycles. The predicted octanol–water partition coefficient (Wildman–Crippen LogP) is 0.205. The Bertz CT molecular complexity index is 118. The van der Waals surface area contributed by atoms with Gasteiger partial charge in [0.2, 0.25) is 0 Å². The Morgan fingerprint density at radius 2 is 2.33 bits per heavy atom. The van der Waals surface area contributed by atoms with Crippen LogP contribution in [0, 0.1) is 0 Å². The van der Waals surface area contributed by atoms with Gasteiger partial charge >= 0.3 is 5.97 Å². The normalized spacial score (nSPS) is 8.11. The van der Waals surface area contributed by atoms with Crippen molar-refractivity contribution < 1.29 is 19.4 Å². The highest BCUT2D eigenvalue weighted by Gasteiger charge is 1.99. The van der Waals surface area contributed by atoms with Gasteiger partial charge in [0.1, 0.15) is 0 Å². The van der Waals surface area contributed by atoms with Crippen molar-refractivity contribution in [2.24, 2.45) is 0 Å². The second-order valence-corrected chi connectivity index (χ2v) is 1.26. The summed E-state index contributed by atoms with van der Waals surface area (Å²) in [5.74, 6) is -1.04. The molecule has 0 aliphatic heterocycles. The first-order valence-electron chi connectivity index (χ1n) is 2.24. The maximum Gasteiger partial charge on any atom is 0.344 e. The van der Waals surface area contributed by atoms with Crippen LogP contribution in [0.5, 0.6) is 0 Å². The highest BCUT2D eigenvalue weighted by atomic mass is 16.6. The number of carbonyl (C=O) groups excluding carboxylic acids is 1. The number of hydrogen-bond donors (Lipinski definition) is 1. The lowest BCUT2D eigenvalue weighted by Gasteiger charge is -1.99. The monoisotopic (exact) mass is 132 g/mol. The van der Waals surface area contributed by atoms with Gasteiger partial charge in [0.15, 0.2) is 6.61 Å². The lowest BCUT2D eigenvalue weighted by molar-refractivity contribution is -0.145. The van der Waals surface area contributed by atoms with E-state index >= 15 is 0 Å². The molecule has 0 aromatic heterocycles. The van der Waals surface area contributed by atoms with Crippen LogP contribution < -0.4 is 0 Å². The number of aliphatic hydroxyl groups is 1. The molecule has 0 aliphatic rings. The van der Waals surface area contributed by atoms with Crippen LogP contribution in [-0.4, -0.2) is 24.8 Å². The average Bonchev–Trinajstić information content (AvgIpc) is 1.83. The number of esters is 1. The zero-order valence-corrected chi connectivity index (χ0v) is 5.09. The molecule has 0 saturated carbocycles. The lowest BCUT2D eigenvalue weighted by Crippen LogP contribution is -2.09. The fourth-order valence-corrected chi connectivity index (χ4v) is 0.201. The van der Waals surface area contributed by atoms with Crippen LogP contribution in [0.15, 0.2) is 12.5 Å². The molecule has 0 heterocycles. The molecule has 0 fully saturated rings. The van der Waals surface area contributed by atoms with Gasteiger partial charge in [-0.2, -0.15) is 0 Å². The van der Waals surface area contributed by atoms with Gasteiger partial charge in [0, 0.05) is 0 Å². The molecule has 0 bridgehead atoms. The van der Waals surface area contributed by atoms with Crippen LogP contribution >= 0.6 is 0 Å². The Morgan fingerprint density at radius 1 is 1.78 bits per heavy atom. The molecule has 0 atom stereocenters. The molecule has 52 valence electrons. The number of carbonyl (C=O) groups is 1. The van der Waals surface area contributed by atoms with Crippen molar-refractivity contribution in [2.75, 3.05) is 13.7 Å². The Hall–Kier alpha value is -1.19. The number of ether oxygens (including phenoxy) is 2. The first-order valence-corrected chi connectivity index (χ1v) is 2.24. The standard InChI is InChI=1S/C5H8O4/c1-4(6)9-3-5(7)8-2/h6H,1,3H2,2H3. The average molecular weight is 132 g/mol. The molecule has 4 nitrogen and oxygen atoms in total. The molecule has 0 unspecified atom stereocenters. The van der Waals surface area contributed by atoms with Gasteiger partial charge in [0.25, 0.3) is 5.95 Å². The van der Waals surface area contributed by atoms with E-state index in [1.54, 1.807) is 0 Å². The Labute approximate surface area is 52.7 Å². The summed E-state index contributed by atoms with van der Waals surface area (Å²) in [5.41, 5.74) is 0. The first kappa shape index (κ1) is 7.81. The second-order valence-electron chi connectivity index (χ2n) is 1.26. The van der Waals surface area contributed by atoms with Crippen molar-refractivity contribution in [2.45, 2.75) is 0 Å². The van der Waals surface area contributed by atoms with E-state index < -0.39 is 11.9 Å². The maximum atomic E-state index is 10.2. The fraction of sp³-hybridized carbons (Fsp3) is 0.400. The van der Waals surface area contributed by atoms with Crippen LogP contribution in [-0.2, 0) is 14.3 Å². The minimum atomic E-state index is -0.551. The van der Waals surface area contributed by atoms with Crippen molar-refractivity contribution in [3.8, 4) is 0 Å². The zero-order valence-electron chi connectivity index (χ0n) is 5.09. The molecule has 0 aromatic carbocycles. The van der Waals surface area contributed by atoms with E-state index in [0.29, 0.717) is 0 Å². The summed E-state index contributed by atoms with van der Waals surface area (Å²) in [7, 11) is 1.23. The Morgan fingerprint density at radius 3 is 2.67 bits per heavy atom. The summed E-state index contributed by atoms with van der Waals surface area (Å²) < 4.78 is 8.47. The van der Waals surface area contributed by atoms with Crippen LogP contribution in [0.25, 0.3) is 0 Å². The van der Waals surface area contributed by atoms with Gasteiger partial charge in [-0.05, 0) is 6.58 Å². The molecule has 0 radical (unpaired) electrons. The van der Waals surface area contributed by atoms with Gasteiger partial charge in [-0.15, -0.1) is 0 Å². The van der Waals surface area contributed by atoms with E-state index in [0.717, 1.165) is 0 Å². The topological polar surface area (TPSA) is 55.8 Å². The van der Waals surface area contributed by atoms with Crippen molar-refractivity contribution in [1.82, 2.24) is 0 Å². The summed E-state index contributed by atoms with van der Waals surface area (Å²) in [4.78, 5) is 10.2.